The normalized spacial score (nSPS) is 44.0. The Kier molecular flexibility index (Phi) is 4.60. The van der Waals surface area contributed by atoms with Crippen molar-refractivity contribution in [2.24, 2.45) is 17.3 Å². The van der Waals surface area contributed by atoms with Crippen molar-refractivity contribution < 1.29 is 14.6 Å². The van der Waals surface area contributed by atoms with E-state index in [0.717, 1.165) is 32.3 Å². The maximum Gasteiger partial charge on any atom is 0.136 e. The van der Waals surface area contributed by atoms with E-state index in [1.54, 1.807) is 11.8 Å². The van der Waals surface area contributed by atoms with E-state index in [4.69, 9.17) is 4.74 Å². The number of fused-ring (bicyclic) bond motifs is 5. The van der Waals surface area contributed by atoms with Gasteiger partial charge >= 0.3 is 0 Å². The summed E-state index contributed by atoms with van der Waals surface area (Å²) in [6.07, 6.45) is 10.3. The highest BCUT2D eigenvalue weighted by Gasteiger charge is 2.66. The largest absolute Gasteiger partial charge is 0.385 e. The van der Waals surface area contributed by atoms with E-state index in [0.29, 0.717) is 30.6 Å². The number of hydrogen-bond acceptors (Lipinski definition) is 4. The Balaban J connectivity index is 1.50. The van der Waals surface area contributed by atoms with Gasteiger partial charge in [0, 0.05) is 35.5 Å². The molecule has 0 radical (unpaired) electrons. The van der Waals surface area contributed by atoms with Crippen LogP contribution in [0.15, 0.2) is 40.3 Å². The Morgan fingerprint density at radius 1 is 1.10 bits per heavy atom. The predicted octanol–water partition coefficient (Wildman–Crippen LogP) is 5.66. The van der Waals surface area contributed by atoms with E-state index in [1.807, 2.05) is 0 Å². The van der Waals surface area contributed by atoms with Gasteiger partial charge in [0.25, 0.3) is 0 Å². The van der Waals surface area contributed by atoms with E-state index in [1.165, 1.54) is 40.9 Å². The van der Waals surface area contributed by atoms with Gasteiger partial charge in [-0.2, -0.15) is 0 Å². The van der Waals surface area contributed by atoms with Crippen LogP contribution in [0.1, 0.15) is 76.2 Å². The Labute approximate surface area is 190 Å². The number of benzene rings is 1. The summed E-state index contributed by atoms with van der Waals surface area (Å²) in [5.74, 6) is 1.72. The Morgan fingerprint density at radius 3 is 2.55 bits per heavy atom. The van der Waals surface area contributed by atoms with Gasteiger partial charge < -0.3 is 9.84 Å². The number of carbonyl (C=O) groups excluding carboxylic acids is 1. The number of carbonyl (C=O) groups is 1. The first-order chi connectivity index (χ1) is 14.9. The summed E-state index contributed by atoms with van der Waals surface area (Å²) in [6.45, 7) is 3.43. The van der Waals surface area contributed by atoms with Gasteiger partial charge in [-0.15, -0.1) is 11.8 Å². The third-order valence-electron chi connectivity index (χ3n) is 9.93. The summed E-state index contributed by atoms with van der Waals surface area (Å²) in [5.41, 5.74) is 3.50. The van der Waals surface area contributed by atoms with Crippen LogP contribution in [-0.2, 0) is 9.53 Å². The van der Waals surface area contributed by atoms with Crippen molar-refractivity contribution in [1.29, 1.82) is 0 Å². The number of Topliss-reactive ketones (excluding diaryl/α,β-unsaturated/α-hetero) is 1. The fourth-order valence-electron chi connectivity index (χ4n) is 8.31. The number of ether oxygens (including phenoxy) is 1. The molecule has 3 saturated carbocycles. The first-order valence-electron chi connectivity index (χ1n) is 12.1. The molecule has 1 saturated heterocycles. The van der Waals surface area contributed by atoms with Crippen LogP contribution >= 0.6 is 11.8 Å². The second-order valence-corrected chi connectivity index (χ2v) is 11.9. The van der Waals surface area contributed by atoms with Gasteiger partial charge in [0.1, 0.15) is 5.78 Å². The molecule has 31 heavy (non-hydrogen) atoms. The van der Waals surface area contributed by atoms with Gasteiger partial charge in [-0.25, -0.2) is 0 Å². The van der Waals surface area contributed by atoms with Crippen molar-refractivity contribution in [3.63, 3.8) is 0 Å². The van der Waals surface area contributed by atoms with Gasteiger partial charge in [-0.3, -0.25) is 4.79 Å². The fraction of sp³-hybridized carbons (Fsp3) is 0.667. The highest BCUT2D eigenvalue weighted by molar-refractivity contribution is 7.98. The molecule has 0 amide bonds. The molecule has 1 spiro atoms. The summed E-state index contributed by atoms with van der Waals surface area (Å²) in [7, 11) is 0. The van der Waals surface area contributed by atoms with Gasteiger partial charge in [-0.1, -0.05) is 24.6 Å². The van der Waals surface area contributed by atoms with Crippen LogP contribution in [0.4, 0.5) is 0 Å². The molecule has 1 aliphatic heterocycles. The molecule has 5 aliphatic rings. The Morgan fingerprint density at radius 2 is 1.87 bits per heavy atom. The molecule has 1 aromatic carbocycles. The smallest absolute Gasteiger partial charge is 0.136 e. The first kappa shape index (κ1) is 20.5. The number of rotatable bonds is 2. The Bertz CT molecular complexity index is 946. The molecule has 1 aromatic rings. The number of thioether (sulfide) groups is 1. The zero-order valence-corrected chi connectivity index (χ0v) is 19.6. The van der Waals surface area contributed by atoms with Crippen LogP contribution in [0.25, 0.3) is 0 Å². The molecule has 3 nitrogen and oxygen atoms in total. The van der Waals surface area contributed by atoms with Gasteiger partial charge in [0.2, 0.25) is 0 Å². The van der Waals surface area contributed by atoms with Crippen LogP contribution < -0.4 is 0 Å². The highest BCUT2D eigenvalue weighted by Crippen LogP contribution is 2.70. The van der Waals surface area contributed by atoms with E-state index in [2.05, 4.69) is 37.4 Å². The van der Waals surface area contributed by atoms with E-state index < -0.39 is 5.60 Å². The molecular weight excluding hydrogens is 404 g/mol. The standard InChI is InChI=1S/C27H34O3S/c1-25-16-21(17-3-6-19(31-2)7-4-17)24-20(22(25)10-12-27(25)13-14-30-27)9-11-26(29)15-18(28)5-8-23(24)26/h3-4,6-7,20-22,29H,5,8-16H2,1-2H3/t20-,21+,22-,25-,26+,27?/m0/s1. The molecule has 4 heteroatoms. The summed E-state index contributed by atoms with van der Waals surface area (Å²) >= 11 is 1.78. The maximum absolute atomic E-state index is 12.3. The first-order valence-corrected chi connectivity index (χ1v) is 13.4. The molecule has 6 atom stereocenters. The lowest BCUT2D eigenvalue weighted by molar-refractivity contribution is -0.217. The van der Waals surface area contributed by atoms with Gasteiger partial charge in [0.15, 0.2) is 0 Å². The van der Waals surface area contributed by atoms with Gasteiger partial charge in [0.05, 0.1) is 17.8 Å². The molecule has 4 fully saturated rings. The third-order valence-corrected chi connectivity index (χ3v) is 10.7. The molecule has 166 valence electrons. The molecule has 6 rings (SSSR count). The summed E-state index contributed by atoms with van der Waals surface area (Å²) in [4.78, 5) is 13.6. The Hall–Kier alpha value is -1.10. The monoisotopic (exact) mass is 438 g/mol. The molecular formula is C27H34O3S. The summed E-state index contributed by atoms with van der Waals surface area (Å²) < 4.78 is 6.38. The van der Waals surface area contributed by atoms with Crippen LogP contribution in [0.5, 0.6) is 0 Å². The van der Waals surface area contributed by atoms with Crippen LogP contribution in [0.2, 0.25) is 0 Å². The fourth-order valence-corrected chi connectivity index (χ4v) is 8.72. The summed E-state index contributed by atoms with van der Waals surface area (Å²) in [6, 6.07) is 9.13. The number of ketones is 1. The molecule has 0 bridgehead atoms. The van der Waals surface area contributed by atoms with E-state index >= 15 is 0 Å². The predicted molar refractivity (Wildman–Crippen MR) is 123 cm³/mol. The zero-order chi connectivity index (χ0) is 21.4. The SMILES string of the molecule is CSc1ccc([C@H]2C[C@@]3(C)[C@@H](CCC34CCO4)[C@@H]3CC[C@@]4(O)CC(=O)CCC4=C32)cc1. The van der Waals surface area contributed by atoms with Crippen molar-refractivity contribution in [2.45, 2.75) is 86.7 Å². The number of aliphatic hydroxyl groups is 1. The molecule has 1 N–H and O–H groups in total. The molecule has 4 aliphatic carbocycles. The second-order valence-electron chi connectivity index (χ2n) is 11.0. The average Bonchev–Trinajstić information content (AvgIpc) is 3.05. The van der Waals surface area contributed by atoms with Crippen LogP contribution in [0.3, 0.4) is 0 Å². The minimum atomic E-state index is -0.893. The topological polar surface area (TPSA) is 46.5 Å². The van der Waals surface area contributed by atoms with Crippen molar-refractivity contribution >= 4 is 17.5 Å². The lowest BCUT2D eigenvalue weighted by atomic mass is 9.49. The number of hydrogen-bond donors (Lipinski definition) is 1. The van der Waals surface area contributed by atoms with Crippen LogP contribution in [-0.4, -0.2) is 35.0 Å². The molecule has 0 aromatic heterocycles. The highest BCUT2D eigenvalue weighted by atomic mass is 32.2. The lowest BCUT2D eigenvalue weighted by Gasteiger charge is -2.60. The van der Waals surface area contributed by atoms with Crippen molar-refractivity contribution in [3.05, 3.63) is 41.0 Å². The third kappa shape index (κ3) is 2.77. The lowest BCUT2D eigenvalue weighted by Crippen LogP contribution is -2.58. The number of allylic oxidation sites excluding steroid dienone is 1. The van der Waals surface area contributed by atoms with Gasteiger partial charge in [-0.05, 0) is 79.9 Å². The van der Waals surface area contributed by atoms with Crippen molar-refractivity contribution in [2.75, 3.05) is 12.9 Å². The van der Waals surface area contributed by atoms with Crippen LogP contribution in [0, 0.1) is 17.3 Å². The maximum atomic E-state index is 12.3. The zero-order valence-electron chi connectivity index (χ0n) is 18.8. The summed E-state index contributed by atoms with van der Waals surface area (Å²) in [5, 5.41) is 11.6. The second kappa shape index (κ2) is 6.95. The average molecular weight is 439 g/mol. The van der Waals surface area contributed by atoms with E-state index in [9.17, 15) is 9.90 Å². The van der Waals surface area contributed by atoms with E-state index in [-0.39, 0.29) is 16.8 Å². The minimum Gasteiger partial charge on any atom is -0.385 e. The minimum absolute atomic E-state index is 0.0710. The van der Waals surface area contributed by atoms with Crippen molar-refractivity contribution in [1.82, 2.24) is 0 Å². The van der Waals surface area contributed by atoms with Crippen molar-refractivity contribution in [3.8, 4) is 0 Å². The molecule has 1 unspecified atom stereocenters. The quantitative estimate of drug-likeness (QED) is 0.478. The molecule has 1 heterocycles.